The number of carboxylic acid groups (broad SMARTS) is 1. The molecule has 5 aliphatic rings. The highest BCUT2D eigenvalue weighted by atomic mass is 16.4. The number of hydrogen-bond donors (Lipinski definition) is 3. The Labute approximate surface area is 205 Å². The molecule has 4 heteroatoms. The van der Waals surface area contributed by atoms with E-state index in [9.17, 15) is 20.1 Å². The van der Waals surface area contributed by atoms with Gasteiger partial charge >= 0.3 is 5.97 Å². The fourth-order valence-corrected chi connectivity index (χ4v) is 9.96. The second-order valence-corrected chi connectivity index (χ2v) is 14.6. The van der Waals surface area contributed by atoms with Crippen LogP contribution in [0.4, 0.5) is 0 Å². The summed E-state index contributed by atoms with van der Waals surface area (Å²) >= 11 is 0. The van der Waals surface area contributed by atoms with Gasteiger partial charge < -0.3 is 15.3 Å². The summed E-state index contributed by atoms with van der Waals surface area (Å²) in [6.45, 7) is 16.0. The molecule has 0 bridgehead atoms. The molecule has 5 rings (SSSR count). The summed E-state index contributed by atoms with van der Waals surface area (Å²) in [4.78, 5) is 12.3. The number of aliphatic hydroxyl groups is 2. The Balaban J connectivity index is 1.65. The van der Waals surface area contributed by atoms with Crippen molar-refractivity contribution in [3.8, 4) is 0 Å². The van der Waals surface area contributed by atoms with E-state index in [-0.39, 0.29) is 33.2 Å². The number of carbonyl (C=O) groups is 1. The molecule has 5 aliphatic carbocycles. The van der Waals surface area contributed by atoms with Crippen LogP contribution in [0, 0.1) is 44.3 Å². The van der Waals surface area contributed by atoms with Gasteiger partial charge in [0.1, 0.15) is 0 Å². The minimum absolute atomic E-state index is 0.00283. The average molecular weight is 471 g/mol. The molecule has 0 aliphatic heterocycles. The van der Waals surface area contributed by atoms with Crippen LogP contribution < -0.4 is 0 Å². The fourth-order valence-electron chi connectivity index (χ4n) is 9.96. The number of aliphatic hydroxyl groups excluding tert-OH is 2. The number of aliphatic carboxylic acids is 1. The lowest BCUT2D eigenvalue weighted by Crippen LogP contribution is -2.63. The molecule has 0 aromatic carbocycles. The van der Waals surface area contributed by atoms with Gasteiger partial charge in [0, 0.05) is 0 Å². The van der Waals surface area contributed by atoms with Crippen LogP contribution in [0.1, 0.15) is 99.8 Å². The number of fused-ring (bicyclic) bond motifs is 6. The first-order valence-corrected chi connectivity index (χ1v) is 13.6. The molecule has 34 heavy (non-hydrogen) atoms. The average Bonchev–Trinajstić information content (AvgIpc) is 2.73. The van der Waals surface area contributed by atoms with Gasteiger partial charge in [-0.1, -0.05) is 59.3 Å². The third kappa shape index (κ3) is 2.76. The van der Waals surface area contributed by atoms with Gasteiger partial charge in [-0.3, -0.25) is 4.79 Å². The largest absolute Gasteiger partial charge is 0.481 e. The fraction of sp³-hybridized carbons (Fsp3) is 0.833. The molecule has 3 saturated carbocycles. The maximum absolute atomic E-state index is 12.3. The molecule has 4 nitrogen and oxygen atoms in total. The molecule has 0 saturated heterocycles. The first-order valence-electron chi connectivity index (χ1n) is 13.6. The van der Waals surface area contributed by atoms with Crippen LogP contribution in [0.5, 0.6) is 0 Å². The lowest BCUT2D eigenvalue weighted by atomic mass is 9.35. The highest BCUT2D eigenvalue weighted by Crippen LogP contribution is 2.74. The second kappa shape index (κ2) is 7.00. The highest BCUT2D eigenvalue weighted by molar-refractivity contribution is 5.76. The van der Waals surface area contributed by atoms with Gasteiger partial charge in [0.25, 0.3) is 0 Å². The number of rotatable bonds is 1. The molecule has 0 unspecified atom stereocenters. The molecule has 0 radical (unpaired) electrons. The molecule has 0 amide bonds. The number of hydrogen-bond acceptors (Lipinski definition) is 3. The monoisotopic (exact) mass is 470 g/mol. The van der Waals surface area contributed by atoms with Crippen LogP contribution in [-0.4, -0.2) is 33.5 Å². The van der Waals surface area contributed by atoms with Gasteiger partial charge in [0.2, 0.25) is 0 Å². The van der Waals surface area contributed by atoms with E-state index in [0.717, 1.165) is 38.5 Å². The van der Waals surface area contributed by atoms with Gasteiger partial charge in [0.05, 0.1) is 17.6 Å². The van der Waals surface area contributed by atoms with E-state index in [4.69, 9.17) is 0 Å². The number of allylic oxidation sites excluding steroid dienone is 4. The van der Waals surface area contributed by atoms with Crippen molar-refractivity contribution >= 4 is 5.97 Å². The maximum atomic E-state index is 12.3. The normalized spacial score (nSPS) is 53.9. The summed E-state index contributed by atoms with van der Waals surface area (Å²) in [5.74, 6) is 0.0600. The zero-order valence-electron chi connectivity index (χ0n) is 22.4. The zero-order chi connectivity index (χ0) is 25.1. The van der Waals surface area contributed by atoms with Gasteiger partial charge in [-0.15, -0.1) is 0 Å². The Kier molecular flexibility index (Phi) is 5.06. The Morgan fingerprint density at radius 2 is 1.59 bits per heavy atom. The lowest BCUT2D eigenvalue weighted by Gasteiger charge is -2.69. The maximum Gasteiger partial charge on any atom is 0.312 e. The van der Waals surface area contributed by atoms with Crippen LogP contribution >= 0.6 is 0 Å². The molecule has 9 atom stereocenters. The van der Waals surface area contributed by atoms with Crippen molar-refractivity contribution in [1.29, 1.82) is 0 Å². The van der Waals surface area contributed by atoms with E-state index >= 15 is 0 Å². The Bertz CT molecular complexity index is 978. The predicted octanol–water partition coefficient (Wildman–Crippen LogP) is 6.12. The van der Waals surface area contributed by atoms with E-state index in [2.05, 4.69) is 53.7 Å². The van der Waals surface area contributed by atoms with Crippen molar-refractivity contribution in [2.24, 2.45) is 44.3 Å². The Morgan fingerprint density at radius 1 is 0.912 bits per heavy atom. The van der Waals surface area contributed by atoms with Crippen molar-refractivity contribution < 1.29 is 20.1 Å². The van der Waals surface area contributed by atoms with Gasteiger partial charge in [-0.05, 0) is 103 Å². The Hall–Kier alpha value is -1.13. The van der Waals surface area contributed by atoms with Crippen molar-refractivity contribution in [1.82, 2.24) is 0 Å². The van der Waals surface area contributed by atoms with Crippen LogP contribution in [0.2, 0.25) is 0 Å². The molecule has 0 spiro atoms. The zero-order valence-corrected chi connectivity index (χ0v) is 22.4. The van der Waals surface area contributed by atoms with Crippen molar-refractivity contribution in [3.05, 3.63) is 23.3 Å². The predicted molar refractivity (Wildman–Crippen MR) is 134 cm³/mol. The topological polar surface area (TPSA) is 77.8 Å². The van der Waals surface area contributed by atoms with Crippen molar-refractivity contribution in [3.63, 3.8) is 0 Å². The minimum Gasteiger partial charge on any atom is -0.481 e. The molecule has 190 valence electrons. The summed E-state index contributed by atoms with van der Waals surface area (Å²) < 4.78 is 0. The summed E-state index contributed by atoms with van der Waals surface area (Å²) in [5, 5.41) is 31.8. The molecule has 0 aromatic heterocycles. The highest BCUT2D eigenvalue weighted by Gasteiger charge is 2.67. The first kappa shape index (κ1) is 24.6. The van der Waals surface area contributed by atoms with Crippen molar-refractivity contribution in [2.75, 3.05) is 0 Å². The van der Waals surface area contributed by atoms with Crippen molar-refractivity contribution in [2.45, 2.75) is 112 Å². The van der Waals surface area contributed by atoms with E-state index in [1.807, 2.05) is 0 Å². The standard InChI is InChI=1S/C30H46O4/c1-25(2)20-10-13-30(7)21(27(20,4)12-11-22(25)31)9-8-18-19-16-28(5,24(33)34)23(32)17-26(19,3)14-15-29(18,30)6/h8-9,20-23,31-32H,10-17H2,1-7H3,(H,33,34)/t20-,21+,22-,23+,26-,27-,28-,29+,30+/m0/s1. The third-order valence-electron chi connectivity index (χ3n) is 12.8. The summed E-state index contributed by atoms with van der Waals surface area (Å²) in [6, 6.07) is 0. The van der Waals surface area contributed by atoms with E-state index in [1.165, 1.54) is 11.1 Å². The van der Waals surface area contributed by atoms with Gasteiger partial charge in [-0.25, -0.2) is 0 Å². The van der Waals surface area contributed by atoms with Gasteiger partial charge in [-0.2, -0.15) is 0 Å². The molecule has 3 fully saturated rings. The second-order valence-electron chi connectivity index (χ2n) is 14.6. The molecule has 3 N–H and O–H groups in total. The summed E-state index contributed by atoms with van der Waals surface area (Å²) in [6.07, 6.45) is 11.1. The smallest absolute Gasteiger partial charge is 0.312 e. The molecule has 0 heterocycles. The van der Waals surface area contributed by atoms with Crippen LogP contribution in [0.25, 0.3) is 0 Å². The Morgan fingerprint density at radius 3 is 2.24 bits per heavy atom. The molecular weight excluding hydrogens is 424 g/mol. The lowest BCUT2D eigenvalue weighted by molar-refractivity contribution is -0.183. The number of carboxylic acids is 1. The van der Waals surface area contributed by atoms with E-state index < -0.39 is 17.5 Å². The SMILES string of the molecule is CC1(C)[C@@H](O)CC[C@]2(C)[C@H]3C=CC4=C5C[C@](C)(C(=O)O)[C@H](O)C[C@]5(C)CC[C@@]4(C)[C@]3(C)CC[C@@H]12. The summed E-state index contributed by atoms with van der Waals surface area (Å²) in [5.41, 5.74) is 1.59. The van der Waals surface area contributed by atoms with Gasteiger partial charge in [0.15, 0.2) is 0 Å². The minimum atomic E-state index is -1.13. The summed E-state index contributed by atoms with van der Waals surface area (Å²) in [7, 11) is 0. The quantitative estimate of drug-likeness (QED) is 0.431. The van der Waals surface area contributed by atoms with E-state index in [0.29, 0.717) is 24.7 Å². The third-order valence-corrected chi connectivity index (χ3v) is 12.8. The molecule has 0 aromatic rings. The van der Waals surface area contributed by atoms with Crippen LogP contribution in [-0.2, 0) is 4.79 Å². The van der Waals surface area contributed by atoms with E-state index in [1.54, 1.807) is 6.92 Å². The molecular formula is C30H46O4. The van der Waals surface area contributed by atoms with Crippen LogP contribution in [0.3, 0.4) is 0 Å². The van der Waals surface area contributed by atoms with Crippen LogP contribution in [0.15, 0.2) is 23.3 Å². The first-order chi connectivity index (χ1) is 15.6.